The monoisotopic (exact) mass is 249 g/mol. The molecule has 0 unspecified atom stereocenters. The van der Waals surface area contributed by atoms with Crippen molar-refractivity contribution in [1.82, 2.24) is 10.1 Å². The van der Waals surface area contributed by atoms with Crippen LogP contribution < -0.4 is 5.32 Å². The van der Waals surface area contributed by atoms with Crippen molar-refractivity contribution >= 4 is 6.01 Å². The van der Waals surface area contributed by atoms with Gasteiger partial charge in [-0.15, -0.1) is 0 Å². The average molecular weight is 249 g/mol. The van der Waals surface area contributed by atoms with Gasteiger partial charge in [0.15, 0.2) is 5.82 Å². The first-order valence-electron chi connectivity index (χ1n) is 5.77. The molecule has 2 rings (SSSR count). The number of rotatable bonds is 3. The Labute approximate surface area is 105 Å². The SMILES string of the molecule is CC(C)(C)Nc1nc(Cc2ccc(F)cc2)no1. The van der Waals surface area contributed by atoms with Crippen LogP contribution in [0.15, 0.2) is 28.8 Å². The molecule has 0 atom stereocenters. The van der Waals surface area contributed by atoms with Gasteiger partial charge in [0.05, 0.1) is 0 Å². The zero-order valence-corrected chi connectivity index (χ0v) is 10.7. The van der Waals surface area contributed by atoms with E-state index in [0.717, 1.165) is 5.56 Å². The maximum atomic E-state index is 12.8. The van der Waals surface area contributed by atoms with E-state index in [0.29, 0.717) is 18.3 Å². The summed E-state index contributed by atoms with van der Waals surface area (Å²) >= 11 is 0. The second-order valence-corrected chi connectivity index (χ2v) is 5.19. The number of hydrogen-bond acceptors (Lipinski definition) is 4. The molecule has 4 nitrogen and oxygen atoms in total. The summed E-state index contributed by atoms with van der Waals surface area (Å²) in [5.74, 6) is 0.329. The van der Waals surface area contributed by atoms with Crippen LogP contribution in [0.2, 0.25) is 0 Å². The molecular formula is C13H16FN3O. The van der Waals surface area contributed by atoms with Gasteiger partial charge in [-0.1, -0.05) is 17.3 Å². The maximum Gasteiger partial charge on any atom is 0.321 e. The largest absolute Gasteiger partial charge is 0.333 e. The van der Waals surface area contributed by atoms with Gasteiger partial charge in [-0.05, 0) is 38.5 Å². The van der Waals surface area contributed by atoms with Crippen molar-refractivity contribution in [2.45, 2.75) is 32.7 Å². The van der Waals surface area contributed by atoms with Crippen molar-refractivity contribution in [2.75, 3.05) is 5.32 Å². The van der Waals surface area contributed by atoms with Crippen LogP contribution in [0.4, 0.5) is 10.4 Å². The first-order valence-corrected chi connectivity index (χ1v) is 5.77. The van der Waals surface area contributed by atoms with Gasteiger partial charge in [0, 0.05) is 12.0 Å². The van der Waals surface area contributed by atoms with Crippen molar-refractivity contribution < 1.29 is 8.91 Å². The second-order valence-electron chi connectivity index (χ2n) is 5.19. The van der Waals surface area contributed by atoms with Crippen molar-refractivity contribution in [3.8, 4) is 0 Å². The van der Waals surface area contributed by atoms with Crippen molar-refractivity contribution in [2.24, 2.45) is 0 Å². The minimum Gasteiger partial charge on any atom is -0.333 e. The number of nitrogens with one attached hydrogen (secondary N) is 1. The van der Waals surface area contributed by atoms with Gasteiger partial charge >= 0.3 is 6.01 Å². The summed E-state index contributed by atoms with van der Waals surface area (Å²) in [6.45, 7) is 6.03. The lowest BCUT2D eigenvalue weighted by Gasteiger charge is -2.17. The third kappa shape index (κ3) is 3.55. The van der Waals surface area contributed by atoms with E-state index in [1.165, 1.54) is 12.1 Å². The molecule has 0 radical (unpaired) electrons. The number of aromatic nitrogens is 2. The summed E-state index contributed by atoms with van der Waals surface area (Å²) in [5.41, 5.74) is 0.819. The van der Waals surface area contributed by atoms with Crippen LogP contribution in [-0.2, 0) is 6.42 Å². The Kier molecular flexibility index (Phi) is 3.32. The third-order valence-corrected chi connectivity index (χ3v) is 2.23. The topological polar surface area (TPSA) is 51.0 Å². The van der Waals surface area contributed by atoms with Crippen LogP contribution in [0.5, 0.6) is 0 Å². The van der Waals surface area contributed by atoms with Gasteiger partial charge < -0.3 is 9.84 Å². The molecule has 0 bridgehead atoms. The van der Waals surface area contributed by atoms with E-state index < -0.39 is 0 Å². The Morgan fingerprint density at radius 2 is 1.89 bits per heavy atom. The fourth-order valence-electron chi connectivity index (χ4n) is 1.48. The van der Waals surface area contributed by atoms with E-state index in [1.54, 1.807) is 12.1 Å². The van der Waals surface area contributed by atoms with E-state index in [2.05, 4.69) is 15.5 Å². The molecule has 1 aromatic carbocycles. The average Bonchev–Trinajstić information content (AvgIpc) is 2.66. The predicted octanol–water partition coefficient (Wildman–Crippen LogP) is 3.01. The molecule has 2 aromatic rings. The molecule has 96 valence electrons. The lowest BCUT2D eigenvalue weighted by atomic mass is 10.1. The molecule has 0 saturated carbocycles. The van der Waals surface area contributed by atoms with Crippen molar-refractivity contribution in [1.29, 1.82) is 0 Å². The van der Waals surface area contributed by atoms with Gasteiger partial charge in [-0.25, -0.2) is 4.39 Å². The molecule has 0 fully saturated rings. The molecule has 18 heavy (non-hydrogen) atoms. The van der Waals surface area contributed by atoms with Gasteiger partial charge in [0.1, 0.15) is 5.82 Å². The first kappa shape index (κ1) is 12.5. The minimum absolute atomic E-state index is 0.125. The van der Waals surface area contributed by atoms with Crippen LogP contribution in [0.25, 0.3) is 0 Å². The van der Waals surface area contributed by atoms with Gasteiger partial charge in [0.2, 0.25) is 0 Å². The molecule has 0 aliphatic carbocycles. The summed E-state index contributed by atoms with van der Waals surface area (Å²) < 4.78 is 17.8. The normalized spacial score (nSPS) is 11.6. The van der Waals surface area contributed by atoms with Crippen LogP contribution >= 0.6 is 0 Å². The number of halogens is 1. The van der Waals surface area contributed by atoms with Gasteiger partial charge in [0.25, 0.3) is 0 Å². The Balaban J connectivity index is 2.04. The molecule has 0 amide bonds. The Morgan fingerprint density at radius 3 is 2.50 bits per heavy atom. The number of hydrogen-bond donors (Lipinski definition) is 1. The number of nitrogens with zero attached hydrogens (tertiary/aromatic N) is 2. The van der Waals surface area contributed by atoms with Crippen LogP contribution in [0.3, 0.4) is 0 Å². The zero-order chi connectivity index (χ0) is 13.2. The molecule has 1 heterocycles. The summed E-state index contributed by atoms with van der Waals surface area (Å²) in [6.07, 6.45) is 0.523. The highest BCUT2D eigenvalue weighted by Gasteiger charge is 2.14. The number of benzene rings is 1. The van der Waals surface area contributed by atoms with Crippen molar-refractivity contribution in [3.05, 3.63) is 41.5 Å². The highest BCUT2D eigenvalue weighted by Crippen LogP contribution is 2.14. The van der Waals surface area contributed by atoms with E-state index in [1.807, 2.05) is 20.8 Å². The fourth-order valence-corrected chi connectivity index (χ4v) is 1.48. The minimum atomic E-state index is -0.248. The molecule has 0 aliphatic heterocycles. The highest BCUT2D eigenvalue weighted by molar-refractivity contribution is 5.25. The quantitative estimate of drug-likeness (QED) is 0.908. The molecule has 5 heteroatoms. The van der Waals surface area contributed by atoms with Crippen LogP contribution in [0.1, 0.15) is 32.2 Å². The van der Waals surface area contributed by atoms with E-state index in [9.17, 15) is 4.39 Å². The van der Waals surface area contributed by atoms with Crippen LogP contribution in [-0.4, -0.2) is 15.7 Å². The molecule has 0 saturated heterocycles. The van der Waals surface area contributed by atoms with E-state index in [-0.39, 0.29) is 11.4 Å². The second kappa shape index (κ2) is 4.76. The molecule has 1 aromatic heterocycles. The van der Waals surface area contributed by atoms with Crippen LogP contribution in [0, 0.1) is 5.82 Å². The third-order valence-electron chi connectivity index (χ3n) is 2.23. The van der Waals surface area contributed by atoms with Gasteiger partial charge in [-0.2, -0.15) is 4.98 Å². The summed E-state index contributed by atoms with van der Waals surface area (Å²) in [6, 6.07) is 6.66. The maximum absolute atomic E-state index is 12.8. The number of anilines is 1. The Morgan fingerprint density at radius 1 is 1.22 bits per heavy atom. The lowest BCUT2D eigenvalue weighted by Crippen LogP contribution is -2.26. The Hall–Kier alpha value is -1.91. The fraction of sp³-hybridized carbons (Fsp3) is 0.385. The molecule has 0 spiro atoms. The van der Waals surface area contributed by atoms with Gasteiger partial charge in [-0.3, -0.25) is 0 Å². The van der Waals surface area contributed by atoms with E-state index >= 15 is 0 Å². The molecule has 0 aliphatic rings. The summed E-state index contributed by atoms with van der Waals surface area (Å²) in [4.78, 5) is 4.23. The summed E-state index contributed by atoms with van der Waals surface area (Å²) in [7, 11) is 0. The van der Waals surface area contributed by atoms with E-state index in [4.69, 9.17) is 4.52 Å². The highest BCUT2D eigenvalue weighted by atomic mass is 19.1. The smallest absolute Gasteiger partial charge is 0.321 e. The standard InChI is InChI=1S/C13H16FN3O/c1-13(2,3)16-12-15-11(17-18-12)8-9-4-6-10(14)7-5-9/h4-7H,8H2,1-3H3,(H,15,16,17). The molecular weight excluding hydrogens is 233 g/mol. The summed E-state index contributed by atoms with van der Waals surface area (Å²) in [5, 5.41) is 6.97. The Bertz CT molecular complexity index is 514. The predicted molar refractivity (Wildman–Crippen MR) is 66.9 cm³/mol. The first-order chi connectivity index (χ1) is 8.42. The molecule has 1 N–H and O–H groups in total. The lowest BCUT2D eigenvalue weighted by molar-refractivity contribution is 0.413. The zero-order valence-electron chi connectivity index (χ0n) is 10.7. The van der Waals surface area contributed by atoms with Crippen molar-refractivity contribution in [3.63, 3.8) is 0 Å².